The molecule has 0 bridgehead atoms. The van der Waals surface area contributed by atoms with E-state index in [0.717, 1.165) is 11.5 Å². The van der Waals surface area contributed by atoms with E-state index in [0.29, 0.717) is 5.56 Å². The van der Waals surface area contributed by atoms with E-state index < -0.39 is 48.2 Å². The average molecular weight is 477 g/mol. The van der Waals surface area contributed by atoms with E-state index in [1.807, 2.05) is 0 Å². The molecule has 13 heteroatoms. The Morgan fingerprint density at radius 1 is 1.24 bits per heavy atom. The van der Waals surface area contributed by atoms with Crippen LogP contribution in [-0.2, 0) is 30.3 Å². The zero-order valence-electron chi connectivity index (χ0n) is 18.2. The number of carbonyl (C=O) groups is 2. The van der Waals surface area contributed by atoms with Crippen LogP contribution in [0.5, 0.6) is 0 Å². The molecule has 2 aromatic heterocycles. The molecule has 180 valence electrons. The molecule has 34 heavy (non-hydrogen) atoms. The first-order valence-corrected chi connectivity index (χ1v) is 10.3. The molecule has 1 aromatic carbocycles. The van der Waals surface area contributed by atoms with Crippen molar-refractivity contribution in [2.45, 2.75) is 51.6 Å². The lowest BCUT2D eigenvalue weighted by molar-refractivity contribution is -0.188. The fourth-order valence-corrected chi connectivity index (χ4v) is 3.66. The summed E-state index contributed by atoms with van der Waals surface area (Å²) >= 11 is 0. The van der Waals surface area contributed by atoms with Gasteiger partial charge in [-0.2, -0.15) is 4.98 Å². The van der Waals surface area contributed by atoms with Gasteiger partial charge in [0.1, 0.15) is 11.3 Å². The number of imidazole rings is 1. The van der Waals surface area contributed by atoms with Crippen LogP contribution in [0.4, 0.5) is 14.7 Å². The zero-order valence-corrected chi connectivity index (χ0v) is 18.2. The summed E-state index contributed by atoms with van der Waals surface area (Å²) in [6.45, 7) is 2.57. The minimum Gasteiger partial charge on any atom is -0.454 e. The van der Waals surface area contributed by atoms with Crippen LogP contribution in [-0.4, -0.2) is 49.6 Å². The fraction of sp³-hybridized carbons (Fsp3) is 0.381. The van der Waals surface area contributed by atoms with Crippen molar-refractivity contribution in [3.8, 4) is 0 Å². The van der Waals surface area contributed by atoms with Crippen LogP contribution in [0.25, 0.3) is 11.2 Å². The van der Waals surface area contributed by atoms with Gasteiger partial charge >= 0.3 is 17.6 Å². The molecular formula is C21H21F2N5O6. The Morgan fingerprint density at radius 2 is 1.94 bits per heavy atom. The maximum absolute atomic E-state index is 15.2. The van der Waals surface area contributed by atoms with E-state index in [9.17, 15) is 18.8 Å². The Bertz CT molecular complexity index is 1290. The third kappa shape index (κ3) is 4.33. The van der Waals surface area contributed by atoms with Gasteiger partial charge in [0.05, 0.1) is 12.7 Å². The monoisotopic (exact) mass is 477 g/mol. The summed E-state index contributed by atoms with van der Waals surface area (Å²) in [6.07, 6.45) is -5.68. The lowest BCUT2D eigenvalue weighted by Crippen LogP contribution is -2.37. The maximum atomic E-state index is 15.2. The first-order valence-electron chi connectivity index (χ1n) is 10.3. The molecule has 1 aliphatic rings. The van der Waals surface area contributed by atoms with Crippen molar-refractivity contribution in [2.75, 3.05) is 5.73 Å². The number of benzene rings is 1. The van der Waals surface area contributed by atoms with Gasteiger partial charge in [-0.3, -0.25) is 14.2 Å². The SMILES string of the molecule is CCC(=O)O[C@H]1O[C@@H](n2c(=O)n(Cc3ccc(F)cc3)c3cnc(N)nc32)[C@H](OC(C)=O)[C@H]1F. The lowest BCUT2D eigenvalue weighted by atomic mass is 10.2. The number of esters is 2. The number of aromatic nitrogens is 4. The van der Waals surface area contributed by atoms with Crippen LogP contribution < -0.4 is 11.4 Å². The van der Waals surface area contributed by atoms with Gasteiger partial charge in [-0.15, -0.1) is 0 Å². The van der Waals surface area contributed by atoms with Gasteiger partial charge < -0.3 is 19.9 Å². The summed E-state index contributed by atoms with van der Waals surface area (Å²) in [5.41, 5.74) is 5.79. The van der Waals surface area contributed by atoms with Gasteiger partial charge in [-0.25, -0.2) is 23.1 Å². The van der Waals surface area contributed by atoms with Gasteiger partial charge in [0.15, 0.2) is 18.0 Å². The minimum absolute atomic E-state index is 0.00581. The molecule has 1 saturated heterocycles. The number of nitrogen functional groups attached to an aromatic ring is 1. The van der Waals surface area contributed by atoms with Crippen LogP contribution in [0.15, 0.2) is 35.3 Å². The molecule has 3 heterocycles. The molecule has 1 fully saturated rings. The van der Waals surface area contributed by atoms with E-state index in [4.69, 9.17) is 19.9 Å². The van der Waals surface area contributed by atoms with Crippen molar-refractivity contribution >= 4 is 29.1 Å². The minimum atomic E-state index is -2.08. The molecule has 0 unspecified atom stereocenters. The number of nitrogens with two attached hydrogens (primary N) is 1. The van der Waals surface area contributed by atoms with Crippen molar-refractivity contribution in [3.05, 3.63) is 52.3 Å². The van der Waals surface area contributed by atoms with E-state index >= 15 is 4.39 Å². The molecule has 3 aromatic rings. The van der Waals surface area contributed by atoms with Crippen molar-refractivity contribution in [2.24, 2.45) is 0 Å². The van der Waals surface area contributed by atoms with Crippen molar-refractivity contribution in [1.82, 2.24) is 19.1 Å². The number of alkyl halides is 1. The third-order valence-corrected chi connectivity index (χ3v) is 5.20. The van der Waals surface area contributed by atoms with Gasteiger partial charge in [0.25, 0.3) is 0 Å². The number of ether oxygens (including phenoxy) is 3. The third-order valence-electron chi connectivity index (χ3n) is 5.20. The van der Waals surface area contributed by atoms with Crippen LogP contribution >= 0.6 is 0 Å². The highest BCUT2D eigenvalue weighted by molar-refractivity contribution is 5.72. The highest BCUT2D eigenvalue weighted by Gasteiger charge is 2.51. The number of carbonyl (C=O) groups excluding carboxylic acids is 2. The fourth-order valence-electron chi connectivity index (χ4n) is 3.66. The van der Waals surface area contributed by atoms with Crippen LogP contribution in [0.2, 0.25) is 0 Å². The number of rotatable bonds is 6. The first kappa shape index (κ1) is 23.3. The highest BCUT2D eigenvalue weighted by Crippen LogP contribution is 2.35. The normalized spacial score (nSPS) is 22.1. The zero-order chi connectivity index (χ0) is 24.6. The van der Waals surface area contributed by atoms with Crippen LogP contribution in [0.1, 0.15) is 32.1 Å². The Kier molecular flexibility index (Phi) is 6.28. The molecule has 1 aliphatic heterocycles. The lowest BCUT2D eigenvalue weighted by Gasteiger charge is -2.19. The second kappa shape index (κ2) is 9.17. The van der Waals surface area contributed by atoms with Crippen molar-refractivity contribution in [3.63, 3.8) is 0 Å². The highest BCUT2D eigenvalue weighted by atomic mass is 19.1. The van der Waals surface area contributed by atoms with Gasteiger partial charge in [0, 0.05) is 13.3 Å². The van der Waals surface area contributed by atoms with Crippen LogP contribution in [0, 0.1) is 5.82 Å². The second-order valence-electron chi connectivity index (χ2n) is 7.56. The Labute approximate surface area is 191 Å². The summed E-state index contributed by atoms with van der Waals surface area (Å²) in [4.78, 5) is 44.9. The quantitative estimate of drug-likeness (QED) is 0.522. The predicted molar refractivity (Wildman–Crippen MR) is 112 cm³/mol. The van der Waals surface area contributed by atoms with E-state index in [1.54, 1.807) is 0 Å². The molecule has 11 nitrogen and oxygen atoms in total. The number of hydrogen-bond donors (Lipinski definition) is 1. The topological polar surface area (TPSA) is 141 Å². The van der Waals surface area contributed by atoms with Gasteiger partial charge in [-0.1, -0.05) is 19.1 Å². The van der Waals surface area contributed by atoms with Crippen molar-refractivity contribution < 1.29 is 32.6 Å². The predicted octanol–water partition coefficient (Wildman–Crippen LogP) is 1.44. The van der Waals surface area contributed by atoms with E-state index in [-0.39, 0.29) is 30.1 Å². The summed E-state index contributed by atoms with van der Waals surface area (Å²) < 4.78 is 46.3. The van der Waals surface area contributed by atoms with E-state index in [2.05, 4.69) is 9.97 Å². The summed E-state index contributed by atoms with van der Waals surface area (Å²) in [5, 5.41) is 0. The smallest absolute Gasteiger partial charge is 0.332 e. The molecule has 0 saturated carbocycles. The molecule has 0 spiro atoms. The number of fused-ring (bicyclic) bond motifs is 1. The number of anilines is 1. The van der Waals surface area contributed by atoms with Gasteiger partial charge in [0.2, 0.25) is 18.4 Å². The molecular weight excluding hydrogens is 456 g/mol. The molecule has 4 rings (SSSR count). The molecule has 0 aliphatic carbocycles. The summed E-state index contributed by atoms with van der Waals surface area (Å²) in [5.74, 6) is -2.19. The number of nitrogens with zero attached hydrogens (tertiary/aromatic N) is 4. The Balaban J connectivity index is 1.83. The summed E-state index contributed by atoms with van der Waals surface area (Å²) in [6, 6.07) is 5.47. The Hall–Kier alpha value is -3.87. The van der Waals surface area contributed by atoms with Crippen LogP contribution in [0.3, 0.4) is 0 Å². The van der Waals surface area contributed by atoms with Crippen molar-refractivity contribution in [1.29, 1.82) is 0 Å². The standard InChI is InChI=1S/C21H21F2N5O6/c1-3-14(30)33-19-15(23)16(32-10(2)29)18(34-19)28-17-13(8-25-20(24)26-17)27(21(28)31)9-11-4-6-12(22)7-5-11/h4-8,15-16,18-19H,3,9H2,1-2H3,(H2,24,25,26)/t15-,16-,18-,19+/m1/s1. The molecule has 0 radical (unpaired) electrons. The number of hydrogen-bond acceptors (Lipinski definition) is 9. The summed E-state index contributed by atoms with van der Waals surface area (Å²) in [7, 11) is 0. The van der Waals surface area contributed by atoms with E-state index in [1.165, 1.54) is 42.0 Å². The number of halogens is 2. The first-order chi connectivity index (χ1) is 16.2. The average Bonchev–Trinajstić information content (AvgIpc) is 3.22. The molecule has 4 atom stereocenters. The Morgan fingerprint density at radius 3 is 2.59 bits per heavy atom. The molecule has 2 N–H and O–H groups in total. The molecule has 0 amide bonds. The second-order valence-corrected chi connectivity index (χ2v) is 7.56. The van der Waals surface area contributed by atoms with Gasteiger partial charge in [-0.05, 0) is 17.7 Å². The maximum Gasteiger partial charge on any atom is 0.332 e. The largest absolute Gasteiger partial charge is 0.454 e.